The molecular weight excluding hydrogens is 380 g/mol. The Morgan fingerprint density at radius 1 is 0.379 bits per heavy atom. The highest BCUT2D eigenvalue weighted by atomic mass is 17.0. The SMILES string of the molecule is CC(C)OCCOC(OCCOC(C)C)(OCCOC(C)C)OCCOC(C)C. The summed E-state index contributed by atoms with van der Waals surface area (Å²) in [5.41, 5.74) is 0. The van der Waals surface area contributed by atoms with Crippen molar-refractivity contribution >= 4 is 0 Å². The maximum atomic E-state index is 5.84. The molecule has 0 aromatic heterocycles. The predicted octanol–water partition coefficient (Wildman–Crippen LogP) is 3.36. The molecule has 0 saturated heterocycles. The van der Waals surface area contributed by atoms with Crippen molar-refractivity contribution in [1.29, 1.82) is 0 Å². The molecule has 0 saturated carbocycles. The maximum absolute atomic E-state index is 5.84. The summed E-state index contributed by atoms with van der Waals surface area (Å²) in [6, 6.07) is 0. The van der Waals surface area contributed by atoms with Gasteiger partial charge in [-0.1, -0.05) is 0 Å². The molecule has 0 bridgehead atoms. The Bertz CT molecular complexity index is 291. The van der Waals surface area contributed by atoms with E-state index < -0.39 is 6.16 Å². The van der Waals surface area contributed by atoms with Crippen LogP contribution in [0.4, 0.5) is 0 Å². The zero-order valence-corrected chi connectivity index (χ0v) is 19.7. The first kappa shape index (κ1) is 28.7. The number of hydrogen-bond acceptors (Lipinski definition) is 8. The highest BCUT2D eigenvalue weighted by Gasteiger charge is 2.36. The molecule has 0 aliphatic heterocycles. The molecule has 8 heteroatoms. The van der Waals surface area contributed by atoms with Gasteiger partial charge in [0.25, 0.3) is 0 Å². The van der Waals surface area contributed by atoms with Gasteiger partial charge in [-0.2, -0.15) is 0 Å². The largest absolute Gasteiger partial charge is 0.413 e. The van der Waals surface area contributed by atoms with Crippen LogP contribution < -0.4 is 0 Å². The van der Waals surface area contributed by atoms with Gasteiger partial charge in [0.2, 0.25) is 0 Å². The lowest BCUT2D eigenvalue weighted by Gasteiger charge is -2.32. The van der Waals surface area contributed by atoms with Crippen molar-refractivity contribution in [2.75, 3.05) is 52.9 Å². The third-order valence-corrected chi connectivity index (χ3v) is 3.25. The summed E-state index contributed by atoms with van der Waals surface area (Å²) in [6.07, 6.45) is -1.24. The molecule has 0 atom stereocenters. The Labute approximate surface area is 177 Å². The van der Waals surface area contributed by atoms with E-state index >= 15 is 0 Å². The first-order valence-electron chi connectivity index (χ1n) is 10.7. The van der Waals surface area contributed by atoms with Gasteiger partial charge in [0.05, 0.1) is 77.3 Å². The molecule has 0 amide bonds. The Hall–Kier alpha value is -0.320. The van der Waals surface area contributed by atoms with Gasteiger partial charge in [0.15, 0.2) is 0 Å². The average molecular weight is 425 g/mol. The zero-order valence-electron chi connectivity index (χ0n) is 19.7. The van der Waals surface area contributed by atoms with Crippen molar-refractivity contribution in [2.24, 2.45) is 0 Å². The highest BCUT2D eigenvalue weighted by molar-refractivity contribution is 4.50. The average Bonchev–Trinajstić information content (AvgIpc) is 2.62. The van der Waals surface area contributed by atoms with E-state index in [4.69, 9.17) is 37.9 Å². The van der Waals surface area contributed by atoms with Gasteiger partial charge in [-0.25, -0.2) is 0 Å². The molecule has 8 nitrogen and oxygen atoms in total. The first-order valence-corrected chi connectivity index (χ1v) is 10.7. The van der Waals surface area contributed by atoms with Crippen LogP contribution in [0.2, 0.25) is 0 Å². The highest BCUT2D eigenvalue weighted by Crippen LogP contribution is 2.18. The number of ether oxygens (including phenoxy) is 8. The van der Waals surface area contributed by atoms with Crippen molar-refractivity contribution < 1.29 is 37.9 Å². The lowest BCUT2D eigenvalue weighted by molar-refractivity contribution is -0.502. The molecule has 29 heavy (non-hydrogen) atoms. The van der Waals surface area contributed by atoms with Gasteiger partial charge in [0.1, 0.15) is 0 Å². The van der Waals surface area contributed by atoms with E-state index in [2.05, 4.69) is 0 Å². The van der Waals surface area contributed by atoms with Crippen molar-refractivity contribution in [3.63, 3.8) is 0 Å². The Morgan fingerprint density at radius 2 is 0.586 bits per heavy atom. The third kappa shape index (κ3) is 18.2. The van der Waals surface area contributed by atoms with Gasteiger partial charge >= 0.3 is 6.16 Å². The van der Waals surface area contributed by atoms with Crippen LogP contribution in [0.3, 0.4) is 0 Å². The van der Waals surface area contributed by atoms with Crippen LogP contribution in [0.25, 0.3) is 0 Å². The van der Waals surface area contributed by atoms with E-state index in [1.807, 2.05) is 55.4 Å². The zero-order chi connectivity index (χ0) is 22.1. The molecular formula is C21H44O8. The van der Waals surface area contributed by atoms with E-state index in [-0.39, 0.29) is 50.8 Å². The van der Waals surface area contributed by atoms with Crippen molar-refractivity contribution in [1.82, 2.24) is 0 Å². The fourth-order valence-corrected chi connectivity index (χ4v) is 2.05. The van der Waals surface area contributed by atoms with Gasteiger partial charge in [-0.15, -0.1) is 0 Å². The number of hydrogen-bond donors (Lipinski definition) is 0. The fourth-order valence-electron chi connectivity index (χ4n) is 2.05. The van der Waals surface area contributed by atoms with Crippen LogP contribution in [0.1, 0.15) is 55.4 Å². The third-order valence-electron chi connectivity index (χ3n) is 3.25. The quantitative estimate of drug-likeness (QED) is 0.218. The summed E-state index contributed by atoms with van der Waals surface area (Å²) in [6.45, 7) is 18.3. The molecule has 176 valence electrons. The van der Waals surface area contributed by atoms with Crippen molar-refractivity contribution in [3.05, 3.63) is 0 Å². The van der Waals surface area contributed by atoms with Crippen LogP contribution in [0, 0.1) is 0 Å². The van der Waals surface area contributed by atoms with Gasteiger partial charge in [-0.3, -0.25) is 0 Å². The smallest absolute Gasteiger partial charge is 0.376 e. The van der Waals surface area contributed by atoms with E-state index in [0.717, 1.165) is 0 Å². The summed E-state index contributed by atoms with van der Waals surface area (Å²) >= 11 is 0. The van der Waals surface area contributed by atoms with E-state index in [9.17, 15) is 0 Å². The minimum Gasteiger partial charge on any atom is -0.376 e. The fraction of sp³-hybridized carbons (Fsp3) is 1.00. The summed E-state index contributed by atoms with van der Waals surface area (Å²) in [5, 5.41) is 0. The second-order valence-corrected chi connectivity index (χ2v) is 7.57. The van der Waals surface area contributed by atoms with Gasteiger partial charge in [-0.05, 0) is 55.4 Å². The van der Waals surface area contributed by atoms with Gasteiger partial charge < -0.3 is 37.9 Å². The van der Waals surface area contributed by atoms with Crippen LogP contribution >= 0.6 is 0 Å². The molecule has 0 unspecified atom stereocenters. The second-order valence-electron chi connectivity index (χ2n) is 7.57. The Morgan fingerprint density at radius 3 is 0.759 bits per heavy atom. The summed E-state index contributed by atoms with van der Waals surface area (Å²) in [4.78, 5) is 0. The van der Waals surface area contributed by atoms with E-state index in [0.29, 0.717) is 26.4 Å². The van der Waals surface area contributed by atoms with E-state index in [1.165, 1.54) is 0 Å². The maximum Gasteiger partial charge on any atom is 0.413 e. The monoisotopic (exact) mass is 424 g/mol. The van der Waals surface area contributed by atoms with Crippen LogP contribution in [0.5, 0.6) is 0 Å². The molecule has 0 aliphatic rings. The molecule has 0 aromatic rings. The molecule has 0 spiro atoms. The number of rotatable bonds is 20. The van der Waals surface area contributed by atoms with Crippen LogP contribution in [-0.4, -0.2) is 83.4 Å². The molecule has 0 rings (SSSR count). The summed E-state index contributed by atoms with van der Waals surface area (Å²) in [5.74, 6) is 0. The Balaban J connectivity index is 4.86. The standard InChI is InChI=1S/C21H44O8/c1-17(2)22-9-13-26-21(27-14-10-23-18(3)4,28-15-11-24-19(5)6)29-16-12-25-20(7)8/h17-20H,9-16H2,1-8H3. The van der Waals surface area contributed by atoms with Crippen molar-refractivity contribution in [2.45, 2.75) is 86.0 Å². The minimum absolute atomic E-state index is 0.106. The molecule has 0 fully saturated rings. The topological polar surface area (TPSA) is 73.8 Å². The second kappa shape index (κ2) is 17.4. The molecule has 0 radical (unpaired) electrons. The minimum atomic E-state index is -1.67. The normalized spacial score (nSPS) is 12.8. The van der Waals surface area contributed by atoms with E-state index in [1.54, 1.807) is 0 Å². The van der Waals surface area contributed by atoms with Crippen LogP contribution in [-0.2, 0) is 37.9 Å². The lowest BCUT2D eigenvalue weighted by atomic mass is 10.5. The molecule has 0 aromatic carbocycles. The van der Waals surface area contributed by atoms with Crippen LogP contribution in [0.15, 0.2) is 0 Å². The Kier molecular flexibility index (Phi) is 17.2. The molecule has 0 heterocycles. The van der Waals surface area contributed by atoms with Crippen molar-refractivity contribution in [3.8, 4) is 0 Å². The lowest BCUT2D eigenvalue weighted by Crippen LogP contribution is -2.45. The summed E-state index contributed by atoms with van der Waals surface area (Å²) < 4.78 is 45.5. The summed E-state index contributed by atoms with van der Waals surface area (Å²) in [7, 11) is 0. The van der Waals surface area contributed by atoms with Gasteiger partial charge in [0, 0.05) is 0 Å². The molecule has 0 N–H and O–H groups in total. The predicted molar refractivity (Wildman–Crippen MR) is 111 cm³/mol. The molecule has 0 aliphatic carbocycles. The first-order chi connectivity index (χ1) is 13.7.